The van der Waals surface area contributed by atoms with Gasteiger partial charge >= 0.3 is 0 Å². The van der Waals surface area contributed by atoms with Crippen molar-refractivity contribution in [2.24, 2.45) is 5.92 Å². The van der Waals surface area contributed by atoms with Crippen LogP contribution >= 0.6 is 0 Å². The van der Waals surface area contributed by atoms with E-state index in [0.29, 0.717) is 5.92 Å². The Labute approximate surface area is 121 Å². The van der Waals surface area contributed by atoms with E-state index in [1.54, 1.807) is 7.11 Å². The van der Waals surface area contributed by atoms with E-state index < -0.39 is 0 Å². The molecule has 2 aliphatic rings. The molecule has 1 aromatic carbocycles. The third kappa shape index (κ3) is 2.04. The number of nitrogens with one attached hydrogen (secondary N) is 1. The Morgan fingerprint density at radius 1 is 1.30 bits per heavy atom. The molecule has 1 aliphatic carbocycles. The minimum atomic E-state index is -0.179. The number of hydrogen-bond acceptors (Lipinski definition) is 3. The van der Waals surface area contributed by atoms with Crippen LogP contribution in [-0.2, 0) is 16.8 Å². The molecule has 110 valence electrons. The summed E-state index contributed by atoms with van der Waals surface area (Å²) in [6.07, 6.45) is 2.15. The third-order valence-electron chi connectivity index (χ3n) is 5.14. The quantitative estimate of drug-likeness (QED) is 0.900. The number of hydrogen-bond donors (Lipinski definition) is 1. The van der Waals surface area contributed by atoms with E-state index in [0.717, 1.165) is 31.7 Å². The van der Waals surface area contributed by atoms with Gasteiger partial charge in [-0.15, -0.1) is 0 Å². The van der Waals surface area contributed by atoms with E-state index >= 15 is 0 Å². The molecule has 2 atom stereocenters. The first kappa shape index (κ1) is 13.9. The largest absolute Gasteiger partial charge is 0.497 e. The van der Waals surface area contributed by atoms with Crippen LogP contribution in [-0.4, -0.2) is 25.8 Å². The summed E-state index contributed by atoms with van der Waals surface area (Å²) in [5.74, 6) is 1.41. The summed E-state index contributed by atoms with van der Waals surface area (Å²) in [5, 5.41) is 3.60. The van der Waals surface area contributed by atoms with Crippen LogP contribution in [0.15, 0.2) is 18.2 Å². The van der Waals surface area contributed by atoms with Gasteiger partial charge < -0.3 is 14.8 Å². The van der Waals surface area contributed by atoms with Gasteiger partial charge in [-0.05, 0) is 48.9 Å². The van der Waals surface area contributed by atoms with Crippen LogP contribution in [0.4, 0.5) is 0 Å². The van der Waals surface area contributed by atoms with Gasteiger partial charge in [-0.3, -0.25) is 0 Å². The SMILES string of the molecule is COc1ccc2c(c1)C1(CC2)CNCC(C)(C(C)C)O1. The lowest BCUT2D eigenvalue weighted by Crippen LogP contribution is -2.59. The molecule has 3 nitrogen and oxygen atoms in total. The maximum Gasteiger partial charge on any atom is 0.119 e. The van der Waals surface area contributed by atoms with E-state index in [9.17, 15) is 0 Å². The van der Waals surface area contributed by atoms with Crippen molar-refractivity contribution < 1.29 is 9.47 Å². The fourth-order valence-corrected chi connectivity index (χ4v) is 3.44. The molecule has 1 N–H and O–H groups in total. The maximum absolute atomic E-state index is 6.69. The van der Waals surface area contributed by atoms with Crippen molar-refractivity contribution in [3.63, 3.8) is 0 Å². The summed E-state index contributed by atoms with van der Waals surface area (Å²) in [5.41, 5.74) is 2.43. The molecule has 1 aliphatic heterocycles. The summed E-state index contributed by atoms with van der Waals surface area (Å²) in [6.45, 7) is 8.52. The van der Waals surface area contributed by atoms with E-state index in [1.807, 2.05) is 0 Å². The lowest BCUT2D eigenvalue weighted by molar-refractivity contribution is -0.193. The Morgan fingerprint density at radius 3 is 2.80 bits per heavy atom. The molecule has 3 rings (SSSR count). The summed E-state index contributed by atoms with van der Waals surface area (Å²) in [4.78, 5) is 0. The van der Waals surface area contributed by atoms with Gasteiger partial charge in [-0.25, -0.2) is 0 Å². The van der Waals surface area contributed by atoms with Crippen molar-refractivity contribution in [3.05, 3.63) is 29.3 Å². The van der Waals surface area contributed by atoms with Crippen molar-refractivity contribution >= 4 is 0 Å². The highest BCUT2D eigenvalue weighted by Crippen LogP contribution is 2.46. The van der Waals surface area contributed by atoms with Crippen LogP contribution < -0.4 is 10.1 Å². The first-order valence-electron chi connectivity index (χ1n) is 7.57. The number of methoxy groups -OCH3 is 1. The van der Waals surface area contributed by atoms with Crippen molar-refractivity contribution in [1.82, 2.24) is 5.32 Å². The zero-order valence-corrected chi connectivity index (χ0v) is 13.0. The Bertz CT molecular complexity index is 510. The molecule has 20 heavy (non-hydrogen) atoms. The number of benzene rings is 1. The molecule has 1 aromatic rings. The minimum Gasteiger partial charge on any atom is -0.497 e. The number of ether oxygens (including phenoxy) is 2. The molecule has 0 bridgehead atoms. The summed E-state index contributed by atoms with van der Waals surface area (Å²) >= 11 is 0. The number of aryl methyl sites for hydroxylation is 1. The van der Waals surface area contributed by atoms with E-state index in [4.69, 9.17) is 9.47 Å². The lowest BCUT2D eigenvalue weighted by Gasteiger charge is -2.48. The highest BCUT2D eigenvalue weighted by molar-refractivity contribution is 5.43. The molecule has 0 radical (unpaired) electrons. The minimum absolute atomic E-state index is 0.108. The van der Waals surface area contributed by atoms with Gasteiger partial charge in [-0.2, -0.15) is 0 Å². The second-order valence-electron chi connectivity index (χ2n) is 6.69. The van der Waals surface area contributed by atoms with Crippen LogP contribution in [0.25, 0.3) is 0 Å². The first-order chi connectivity index (χ1) is 9.49. The highest BCUT2D eigenvalue weighted by atomic mass is 16.5. The van der Waals surface area contributed by atoms with Crippen molar-refractivity contribution in [2.45, 2.75) is 44.8 Å². The zero-order valence-electron chi connectivity index (χ0n) is 13.0. The Hall–Kier alpha value is -1.06. The summed E-state index contributed by atoms with van der Waals surface area (Å²) in [6, 6.07) is 6.40. The van der Waals surface area contributed by atoms with Crippen LogP contribution in [0.1, 0.15) is 38.3 Å². The highest BCUT2D eigenvalue weighted by Gasteiger charge is 2.48. The van der Waals surface area contributed by atoms with Crippen LogP contribution in [0.3, 0.4) is 0 Å². The Kier molecular flexibility index (Phi) is 3.30. The molecule has 0 aromatic heterocycles. The van der Waals surface area contributed by atoms with E-state index in [-0.39, 0.29) is 11.2 Å². The molecule has 1 heterocycles. The molecule has 1 fully saturated rings. The first-order valence-corrected chi connectivity index (χ1v) is 7.57. The zero-order chi connectivity index (χ0) is 14.4. The molecule has 0 saturated carbocycles. The number of rotatable bonds is 2. The molecular weight excluding hydrogens is 250 g/mol. The topological polar surface area (TPSA) is 30.5 Å². The normalized spacial score (nSPS) is 32.6. The van der Waals surface area contributed by atoms with E-state index in [1.165, 1.54) is 11.1 Å². The standard InChI is InChI=1S/C17H25NO2/c1-12(2)16(3)10-18-11-17(20-16)8-7-13-5-6-14(19-4)9-15(13)17/h5-6,9,12,18H,7-8,10-11H2,1-4H3. The fourth-order valence-electron chi connectivity index (χ4n) is 3.44. The van der Waals surface area contributed by atoms with Crippen LogP contribution in [0, 0.1) is 5.92 Å². The molecular formula is C17H25NO2. The second-order valence-corrected chi connectivity index (χ2v) is 6.69. The lowest BCUT2D eigenvalue weighted by atomic mass is 9.85. The van der Waals surface area contributed by atoms with Gasteiger partial charge in [0, 0.05) is 13.1 Å². The third-order valence-corrected chi connectivity index (χ3v) is 5.14. The van der Waals surface area contributed by atoms with Gasteiger partial charge in [-0.1, -0.05) is 19.9 Å². The summed E-state index contributed by atoms with van der Waals surface area (Å²) < 4.78 is 12.1. The predicted octanol–water partition coefficient (Wildman–Crippen LogP) is 2.87. The summed E-state index contributed by atoms with van der Waals surface area (Å²) in [7, 11) is 1.72. The second kappa shape index (κ2) is 4.74. The van der Waals surface area contributed by atoms with E-state index in [2.05, 4.69) is 44.3 Å². The van der Waals surface area contributed by atoms with Gasteiger partial charge in [0.2, 0.25) is 0 Å². The number of fused-ring (bicyclic) bond motifs is 2. The molecule has 0 amide bonds. The average molecular weight is 275 g/mol. The van der Waals surface area contributed by atoms with Crippen molar-refractivity contribution in [3.8, 4) is 5.75 Å². The smallest absolute Gasteiger partial charge is 0.119 e. The Morgan fingerprint density at radius 2 is 2.10 bits per heavy atom. The molecule has 1 saturated heterocycles. The van der Waals surface area contributed by atoms with Crippen molar-refractivity contribution in [1.29, 1.82) is 0 Å². The average Bonchev–Trinajstić information content (AvgIpc) is 2.76. The Balaban J connectivity index is 1.99. The predicted molar refractivity (Wildman–Crippen MR) is 80.2 cm³/mol. The van der Waals surface area contributed by atoms with Crippen molar-refractivity contribution in [2.75, 3.05) is 20.2 Å². The van der Waals surface area contributed by atoms with Crippen LogP contribution in [0.5, 0.6) is 5.75 Å². The van der Waals surface area contributed by atoms with Gasteiger partial charge in [0.1, 0.15) is 11.4 Å². The monoisotopic (exact) mass is 275 g/mol. The maximum atomic E-state index is 6.69. The van der Waals surface area contributed by atoms with Gasteiger partial charge in [0.15, 0.2) is 0 Å². The molecule has 3 heteroatoms. The molecule has 1 spiro atoms. The molecule has 2 unspecified atom stereocenters. The van der Waals surface area contributed by atoms with Gasteiger partial charge in [0.25, 0.3) is 0 Å². The number of morpholine rings is 1. The fraction of sp³-hybridized carbons (Fsp3) is 0.647. The van der Waals surface area contributed by atoms with Crippen LogP contribution in [0.2, 0.25) is 0 Å². The van der Waals surface area contributed by atoms with Gasteiger partial charge in [0.05, 0.1) is 12.7 Å².